The molecule has 3 aromatic rings. The van der Waals surface area contributed by atoms with Crippen molar-refractivity contribution in [2.75, 3.05) is 51.7 Å². The van der Waals surface area contributed by atoms with Crippen molar-refractivity contribution in [1.29, 1.82) is 0 Å². The quantitative estimate of drug-likeness (QED) is 0.372. The van der Waals surface area contributed by atoms with Crippen molar-refractivity contribution >= 4 is 11.6 Å². The summed E-state index contributed by atoms with van der Waals surface area (Å²) in [5, 5.41) is 6.69. The van der Waals surface area contributed by atoms with E-state index in [1.54, 1.807) is 30.1 Å². The number of aromatic nitrogens is 4. The fourth-order valence-corrected chi connectivity index (χ4v) is 3.82. The van der Waals surface area contributed by atoms with Crippen LogP contribution in [0.25, 0.3) is 11.4 Å². The van der Waals surface area contributed by atoms with Crippen molar-refractivity contribution in [3.63, 3.8) is 0 Å². The maximum Gasteiger partial charge on any atom is 0.432 e. The Morgan fingerprint density at radius 2 is 1.97 bits per heavy atom. The molecule has 0 aliphatic carbocycles. The van der Waals surface area contributed by atoms with Crippen LogP contribution >= 0.6 is 0 Å². The predicted octanol–water partition coefficient (Wildman–Crippen LogP) is 2.84. The Labute approximate surface area is 212 Å². The summed E-state index contributed by atoms with van der Waals surface area (Å²) < 4.78 is 46.5. The molecule has 0 unspecified atom stereocenters. The van der Waals surface area contributed by atoms with Crippen molar-refractivity contribution in [2.24, 2.45) is 7.05 Å². The van der Waals surface area contributed by atoms with E-state index in [1.165, 1.54) is 12.3 Å². The molecule has 3 heterocycles. The first-order valence-corrected chi connectivity index (χ1v) is 11.8. The van der Waals surface area contributed by atoms with E-state index in [9.17, 15) is 18.0 Å². The van der Waals surface area contributed by atoms with Gasteiger partial charge in [-0.2, -0.15) is 18.3 Å². The highest BCUT2D eigenvalue weighted by Gasteiger charge is 2.33. The third-order valence-electron chi connectivity index (χ3n) is 5.88. The summed E-state index contributed by atoms with van der Waals surface area (Å²) in [6, 6.07) is 4.70. The minimum Gasteiger partial charge on any atom is -0.491 e. The number of imidazole rings is 1. The number of aryl methyl sites for hydroxylation is 1. The van der Waals surface area contributed by atoms with E-state index in [2.05, 4.69) is 49.1 Å². The molecule has 0 atom stereocenters. The molecule has 9 nitrogen and oxygen atoms in total. The highest BCUT2D eigenvalue weighted by atomic mass is 19.4. The van der Waals surface area contributed by atoms with Crippen molar-refractivity contribution in [3.05, 3.63) is 48.0 Å². The zero-order valence-electron chi connectivity index (χ0n) is 20.6. The van der Waals surface area contributed by atoms with Crippen LogP contribution in [0.5, 0.6) is 5.75 Å². The molecule has 1 aromatic carbocycles. The maximum atomic E-state index is 13.0. The molecule has 2 aromatic heterocycles. The first-order valence-electron chi connectivity index (χ1n) is 11.8. The zero-order valence-corrected chi connectivity index (χ0v) is 20.6. The van der Waals surface area contributed by atoms with Crippen LogP contribution in [-0.2, 0) is 18.0 Å². The van der Waals surface area contributed by atoms with E-state index >= 15 is 0 Å². The molecule has 1 fully saturated rings. The van der Waals surface area contributed by atoms with Crippen molar-refractivity contribution < 1.29 is 22.7 Å². The lowest BCUT2D eigenvalue weighted by atomic mass is 10.1. The molecule has 2 N–H and O–H groups in total. The molecule has 1 saturated heterocycles. The molecular formula is C25H28F3N7O2. The zero-order chi connectivity index (χ0) is 26.4. The third-order valence-corrected chi connectivity index (χ3v) is 5.88. The number of alkyl halides is 3. The number of halogens is 3. The predicted molar refractivity (Wildman–Crippen MR) is 132 cm³/mol. The molecule has 0 spiro atoms. The molecule has 0 saturated carbocycles. The van der Waals surface area contributed by atoms with Gasteiger partial charge in [-0.05, 0) is 31.7 Å². The summed E-state index contributed by atoms with van der Waals surface area (Å²) in [5.74, 6) is 5.03. The first-order chi connectivity index (χ1) is 17.7. The average Bonchev–Trinajstić information content (AvgIpc) is 3.52. The Bertz CT molecular complexity index is 1280. The van der Waals surface area contributed by atoms with E-state index in [1.807, 2.05) is 0 Å². The summed E-state index contributed by atoms with van der Waals surface area (Å²) >= 11 is 0. The first kappa shape index (κ1) is 26.2. The standard InChI is InChI=1S/C25H28F3N7O2/c1-33-9-11-35(12-10-33)8-3-13-37-21-6-5-19(24-29-16-22(32-24)25(26,27)28)14-20(21)31-23(36)7-4-18-15-30-34(2)17-18/h5-6,14-17H,3,8-13H2,1-2H3,(H,29,32)(H,31,36). The van der Waals surface area contributed by atoms with Gasteiger partial charge in [0.25, 0.3) is 0 Å². The number of rotatable bonds is 7. The van der Waals surface area contributed by atoms with Crippen LogP contribution in [0.1, 0.15) is 17.7 Å². The minimum absolute atomic E-state index is 0.0193. The van der Waals surface area contributed by atoms with Gasteiger partial charge >= 0.3 is 12.1 Å². The fraction of sp³-hybridized carbons (Fsp3) is 0.400. The number of nitrogens with one attached hydrogen (secondary N) is 2. The van der Waals surface area contributed by atoms with Crippen LogP contribution < -0.4 is 10.1 Å². The van der Waals surface area contributed by atoms with Crippen LogP contribution in [0.4, 0.5) is 18.9 Å². The number of nitrogens with zero attached hydrogens (tertiary/aromatic N) is 5. The second-order valence-corrected chi connectivity index (χ2v) is 8.81. The van der Waals surface area contributed by atoms with E-state index in [0.29, 0.717) is 23.5 Å². The number of hydrogen-bond acceptors (Lipinski definition) is 6. The molecule has 1 aliphatic heterocycles. The van der Waals surface area contributed by atoms with Gasteiger partial charge in [0.2, 0.25) is 0 Å². The summed E-state index contributed by atoms with van der Waals surface area (Å²) in [6.07, 6.45) is 0.176. The van der Waals surface area contributed by atoms with Crippen molar-refractivity contribution in [1.82, 2.24) is 29.5 Å². The van der Waals surface area contributed by atoms with Gasteiger partial charge in [0, 0.05) is 57.5 Å². The molecule has 1 amide bonds. The lowest BCUT2D eigenvalue weighted by Crippen LogP contribution is -2.44. The van der Waals surface area contributed by atoms with Gasteiger partial charge in [-0.15, -0.1) is 0 Å². The average molecular weight is 516 g/mol. The van der Waals surface area contributed by atoms with Gasteiger partial charge in [0.1, 0.15) is 17.3 Å². The molecule has 4 rings (SSSR count). The highest BCUT2D eigenvalue weighted by molar-refractivity contribution is 6.05. The van der Waals surface area contributed by atoms with Crippen LogP contribution in [0.15, 0.2) is 36.8 Å². The second-order valence-electron chi connectivity index (χ2n) is 8.81. The molecule has 0 bridgehead atoms. The minimum atomic E-state index is -4.54. The van der Waals surface area contributed by atoms with E-state index < -0.39 is 17.8 Å². The second kappa shape index (κ2) is 11.5. The Balaban J connectivity index is 1.47. The van der Waals surface area contributed by atoms with Gasteiger partial charge in [-0.3, -0.25) is 9.48 Å². The lowest BCUT2D eigenvalue weighted by Gasteiger charge is -2.32. The largest absolute Gasteiger partial charge is 0.491 e. The topological polar surface area (TPSA) is 91.3 Å². The molecule has 1 aliphatic rings. The number of amides is 1. The number of anilines is 1. The van der Waals surface area contributed by atoms with E-state index in [4.69, 9.17) is 4.74 Å². The van der Waals surface area contributed by atoms with Crippen LogP contribution in [-0.4, -0.2) is 81.8 Å². The Kier molecular flexibility index (Phi) is 8.15. The number of H-pyrrole nitrogens is 1. The SMILES string of the molecule is CN1CCN(CCCOc2ccc(-c3ncc(C(F)(F)F)[nH]3)cc2NC(=O)C#Cc2cnn(C)c2)CC1. The van der Waals surface area contributed by atoms with Gasteiger partial charge in [-0.25, -0.2) is 4.98 Å². The number of carbonyl (C=O) groups is 1. The number of aromatic amines is 1. The number of carbonyl (C=O) groups excluding carboxylic acids is 1. The van der Waals surface area contributed by atoms with Crippen LogP contribution in [0.3, 0.4) is 0 Å². The summed E-state index contributed by atoms with van der Waals surface area (Å²) in [4.78, 5) is 23.3. The summed E-state index contributed by atoms with van der Waals surface area (Å²) in [6.45, 7) is 5.37. The van der Waals surface area contributed by atoms with Gasteiger partial charge in [-0.1, -0.05) is 5.92 Å². The number of benzene rings is 1. The van der Waals surface area contributed by atoms with Gasteiger partial charge in [0.05, 0.1) is 30.3 Å². The van der Waals surface area contributed by atoms with Crippen LogP contribution in [0.2, 0.25) is 0 Å². The molecule has 196 valence electrons. The maximum absolute atomic E-state index is 13.0. The summed E-state index contributed by atoms with van der Waals surface area (Å²) in [5.41, 5.74) is 0.255. The molecule has 12 heteroatoms. The number of hydrogen-bond donors (Lipinski definition) is 2. The number of ether oxygens (including phenoxy) is 1. The lowest BCUT2D eigenvalue weighted by molar-refractivity contribution is -0.140. The summed E-state index contributed by atoms with van der Waals surface area (Å²) in [7, 11) is 3.84. The van der Waals surface area contributed by atoms with E-state index in [0.717, 1.165) is 45.3 Å². The highest BCUT2D eigenvalue weighted by Crippen LogP contribution is 2.33. The van der Waals surface area contributed by atoms with Gasteiger partial charge in [0.15, 0.2) is 0 Å². The number of piperazine rings is 1. The smallest absolute Gasteiger partial charge is 0.432 e. The molecular weight excluding hydrogens is 487 g/mol. The van der Waals surface area contributed by atoms with Crippen molar-refractivity contribution in [2.45, 2.75) is 12.6 Å². The molecule has 37 heavy (non-hydrogen) atoms. The van der Waals surface area contributed by atoms with Crippen molar-refractivity contribution in [3.8, 4) is 29.0 Å². The Morgan fingerprint density at radius 3 is 2.65 bits per heavy atom. The normalized spacial score (nSPS) is 14.7. The Hall–Kier alpha value is -3.82. The molecule has 0 radical (unpaired) electrons. The van der Waals surface area contributed by atoms with Gasteiger partial charge < -0.3 is 24.8 Å². The third kappa shape index (κ3) is 7.34. The van der Waals surface area contributed by atoms with Crippen LogP contribution in [0, 0.1) is 11.8 Å². The monoisotopic (exact) mass is 515 g/mol. The van der Waals surface area contributed by atoms with E-state index in [-0.39, 0.29) is 11.5 Å². The fourth-order valence-electron chi connectivity index (χ4n) is 3.82. The Morgan fingerprint density at radius 1 is 1.19 bits per heavy atom. The number of likely N-dealkylation sites (N-methyl/N-ethyl adjacent to an activating group) is 1.